The van der Waals surface area contributed by atoms with Gasteiger partial charge in [0.05, 0.1) is 19.4 Å². The minimum Gasteiger partial charge on any atom is -0.755 e. The standard InChI is InChI=1S/C25H32N6O6S2/c1-14(2)37-24(33)19(11-16-10-15-6-8-27-22(26)17(15)12-20(16)36-5)30-9-7-18(23(30)32)31(39(34)35)21-13-28-25(38-21)29(3)4/h6,8,10,12-14,18-19H,7,9,11H2,1-5H3,(H2,26,27)(H,34,35)/p-1/t18-,19+/m0/s1. The normalized spacial score (nSPS) is 16.9. The van der Waals surface area contributed by atoms with Gasteiger partial charge in [-0.1, -0.05) is 11.3 Å². The van der Waals surface area contributed by atoms with Gasteiger partial charge in [0, 0.05) is 49.9 Å². The van der Waals surface area contributed by atoms with Gasteiger partial charge in [-0.05, 0) is 49.4 Å². The van der Waals surface area contributed by atoms with E-state index < -0.39 is 41.3 Å². The number of esters is 1. The largest absolute Gasteiger partial charge is 0.755 e. The lowest BCUT2D eigenvalue weighted by atomic mass is 10.00. The second kappa shape index (κ2) is 11.7. The van der Waals surface area contributed by atoms with Crippen LogP contribution in [0.15, 0.2) is 30.6 Å². The summed E-state index contributed by atoms with van der Waals surface area (Å²) in [7, 11) is 5.09. The van der Waals surface area contributed by atoms with Crippen molar-refractivity contribution in [3.05, 3.63) is 36.2 Å². The smallest absolute Gasteiger partial charge is 0.329 e. The Kier molecular flexibility index (Phi) is 8.57. The summed E-state index contributed by atoms with van der Waals surface area (Å²) in [6, 6.07) is 3.37. The quantitative estimate of drug-likeness (QED) is 0.281. The highest BCUT2D eigenvalue weighted by Gasteiger charge is 2.43. The molecular formula is C25H31N6O6S2-. The molecule has 1 unspecified atom stereocenters. The van der Waals surface area contributed by atoms with Crippen LogP contribution in [-0.2, 0) is 32.0 Å². The Balaban J connectivity index is 1.68. The number of fused-ring (bicyclic) bond motifs is 1. The number of aromatic nitrogens is 2. The first-order valence-electron chi connectivity index (χ1n) is 12.3. The fourth-order valence-electron chi connectivity index (χ4n) is 4.57. The first-order valence-corrected chi connectivity index (χ1v) is 14.1. The number of hydrogen-bond acceptors (Lipinski definition) is 11. The van der Waals surface area contributed by atoms with E-state index in [-0.39, 0.29) is 19.4 Å². The summed E-state index contributed by atoms with van der Waals surface area (Å²) in [6.45, 7) is 3.62. The fraction of sp³-hybridized carbons (Fsp3) is 0.440. The van der Waals surface area contributed by atoms with E-state index in [0.717, 1.165) is 21.0 Å². The van der Waals surface area contributed by atoms with Crippen LogP contribution in [0.1, 0.15) is 25.8 Å². The van der Waals surface area contributed by atoms with E-state index in [1.54, 1.807) is 51.2 Å². The average molecular weight is 576 g/mol. The van der Waals surface area contributed by atoms with E-state index in [4.69, 9.17) is 15.2 Å². The van der Waals surface area contributed by atoms with Gasteiger partial charge in [-0.15, -0.1) is 0 Å². The van der Waals surface area contributed by atoms with Gasteiger partial charge in [0.1, 0.15) is 28.7 Å². The van der Waals surface area contributed by atoms with Crippen molar-refractivity contribution in [1.29, 1.82) is 0 Å². The highest BCUT2D eigenvalue weighted by atomic mass is 32.2. The van der Waals surface area contributed by atoms with Crippen LogP contribution in [0.5, 0.6) is 5.75 Å². The van der Waals surface area contributed by atoms with Gasteiger partial charge < -0.3 is 29.6 Å². The molecular weight excluding hydrogens is 544 g/mol. The van der Waals surface area contributed by atoms with Crippen LogP contribution in [0, 0.1) is 0 Å². The Bertz CT molecular complexity index is 1400. The van der Waals surface area contributed by atoms with Crippen LogP contribution < -0.4 is 19.7 Å². The Labute approximate surface area is 233 Å². The molecule has 3 atom stereocenters. The lowest BCUT2D eigenvalue weighted by Crippen LogP contribution is -2.49. The second-order valence-electron chi connectivity index (χ2n) is 9.54. The highest BCUT2D eigenvalue weighted by Crippen LogP contribution is 2.35. The SMILES string of the molecule is COc1cc2c(N)nccc2cc1C[C@H](C(=O)OC(C)C)N1CC[C@H](N(c2cnc(N(C)C)s2)S(=O)[O-])C1=O. The number of pyridine rings is 1. The Morgan fingerprint density at radius 1 is 1.33 bits per heavy atom. The van der Waals surface area contributed by atoms with Crippen molar-refractivity contribution in [3.8, 4) is 5.75 Å². The number of anilines is 3. The molecule has 0 saturated carbocycles. The predicted molar refractivity (Wildman–Crippen MR) is 149 cm³/mol. The minimum absolute atomic E-state index is 0.0944. The van der Waals surface area contributed by atoms with E-state index in [1.165, 1.54) is 18.2 Å². The molecule has 14 heteroatoms. The number of methoxy groups -OCH3 is 1. The molecule has 3 aromatic rings. The average Bonchev–Trinajstić information content (AvgIpc) is 3.50. The van der Waals surface area contributed by atoms with Gasteiger partial charge in [-0.2, -0.15) is 0 Å². The van der Waals surface area contributed by atoms with E-state index in [0.29, 0.717) is 32.6 Å². The number of ether oxygens (including phenoxy) is 2. The topological polar surface area (TPSA) is 154 Å². The molecule has 0 aliphatic carbocycles. The van der Waals surface area contributed by atoms with Gasteiger partial charge in [0.2, 0.25) is 5.91 Å². The van der Waals surface area contributed by atoms with Crippen LogP contribution in [0.3, 0.4) is 0 Å². The van der Waals surface area contributed by atoms with Crippen molar-refractivity contribution < 1.29 is 27.8 Å². The number of nitrogens with zero attached hydrogens (tertiary/aromatic N) is 5. The third-order valence-electron chi connectivity index (χ3n) is 6.35. The molecule has 1 amide bonds. The Morgan fingerprint density at radius 2 is 2.08 bits per heavy atom. The van der Waals surface area contributed by atoms with Crippen LogP contribution in [-0.4, -0.2) is 81.4 Å². The maximum Gasteiger partial charge on any atom is 0.329 e. The highest BCUT2D eigenvalue weighted by molar-refractivity contribution is 7.81. The van der Waals surface area contributed by atoms with Crippen molar-refractivity contribution >= 4 is 61.2 Å². The summed E-state index contributed by atoms with van der Waals surface area (Å²) >= 11 is -1.59. The van der Waals surface area contributed by atoms with Gasteiger partial charge >= 0.3 is 5.97 Å². The Morgan fingerprint density at radius 3 is 2.69 bits per heavy atom. The molecule has 1 saturated heterocycles. The van der Waals surface area contributed by atoms with Gasteiger partial charge in [-0.25, -0.2) is 14.8 Å². The summed E-state index contributed by atoms with van der Waals surface area (Å²) in [4.78, 5) is 38.6. The van der Waals surface area contributed by atoms with Gasteiger partial charge in [-0.3, -0.25) is 13.3 Å². The maximum atomic E-state index is 13.7. The Hall–Kier alpha value is -3.49. The molecule has 3 heterocycles. The molecule has 0 spiro atoms. The number of hydrogen-bond donors (Lipinski definition) is 1. The van der Waals surface area contributed by atoms with Crippen LogP contribution in [0.25, 0.3) is 10.8 Å². The third kappa shape index (κ3) is 5.92. The summed E-state index contributed by atoms with van der Waals surface area (Å²) in [6.07, 6.45) is 2.90. The zero-order valence-electron chi connectivity index (χ0n) is 22.3. The van der Waals surface area contributed by atoms with Crippen LogP contribution in [0.4, 0.5) is 16.0 Å². The van der Waals surface area contributed by atoms with Crippen LogP contribution >= 0.6 is 11.3 Å². The van der Waals surface area contributed by atoms with E-state index in [9.17, 15) is 18.4 Å². The van der Waals surface area contributed by atoms with Crippen molar-refractivity contribution in [2.24, 2.45) is 0 Å². The number of rotatable bonds is 10. The first kappa shape index (κ1) is 28.5. The summed E-state index contributed by atoms with van der Waals surface area (Å²) < 4.78 is 36.7. The van der Waals surface area contributed by atoms with Crippen LogP contribution in [0.2, 0.25) is 0 Å². The number of thiazole rings is 1. The summed E-state index contributed by atoms with van der Waals surface area (Å²) in [5.74, 6) is -0.247. The number of nitrogens with two attached hydrogens (primary N) is 1. The lowest BCUT2D eigenvalue weighted by Gasteiger charge is -2.31. The monoisotopic (exact) mass is 575 g/mol. The number of carbonyl (C=O) groups excluding carboxylic acids is 2. The van der Waals surface area contributed by atoms with Crippen molar-refractivity contribution in [3.63, 3.8) is 0 Å². The number of carbonyl (C=O) groups is 2. The first-order chi connectivity index (χ1) is 18.5. The zero-order chi connectivity index (χ0) is 28.4. The molecule has 1 fully saturated rings. The van der Waals surface area contributed by atoms with Crippen molar-refractivity contribution in [1.82, 2.24) is 14.9 Å². The lowest BCUT2D eigenvalue weighted by molar-refractivity contribution is -0.157. The number of nitrogen functional groups attached to an aromatic ring is 1. The van der Waals surface area contributed by atoms with Crippen molar-refractivity contribution in [2.75, 3.05) is 42.7 Å². The molecule has 2 N–H and O–H groups in total. The number of amides is 1. The molecule has 39 heavy (non-hydrogen) atoms. The number of likely N-dealkylation sites (tertiary alicyclic amines) is 1. The molecule has 2 aromatic heterocycles. The molecule has 1 aliphatic rings. The number of benzene rings is 1. The van der Waals surface area contributed by atoms with Crippen molar-refractivity contribution in [2.45, 2.75) is 44.9 Å². The molecule has 1 aliphatic heterocycles. The molecule has 1 aromatic carbocycles. The molecule has 4 rings (SSSR count). The molecule has 12 nitrogen and oxygen atoms in total. The maximum absolute atomic E-state index is 13.7. The van der Waals surface area contributed by atoms with Gasteiger partial charge in [0.25, 0.3) is 0 Å². The zero-order valence-corrected chi connectivity index (χ0v) is 24.0. The third-order valence-corrected chi connectivity index (χ3v) is 8.40. The van der Waals surface area contributed by atoms with Gasteiger partial charge in [0.15, 0.2) is 5.13 Å². The summed E-state index contributed by atoms with van der Waals surface area (Å²) in [5, 5.41) is 2.41. The van der Waals surface area contributed by atoms with E-state index >= 15 is 0 Å². The predicted octanol–water partition coefficient (Wildman–Crippen LogP) is 2.11. The van der Waals surface area contributed by atoms with E-state index in [1.807, 2.05) is 6.07 Å². The van der Waals surface area contributed by atoms with E-state index in [2.05, 4.69) is 9.97 Å². The summed E-state index contributed by atoms with van der Waals surface area (Å²) in [5.41, 5.74) is 6.70. The molecule has 0 radical (unpaired) electrons. The fourth-order valence-corrected chi connectivity index (χ4v) is 6.26. The molecule has 0 bridgehead atoms. The minimum atomic E-state index is -2.74. The molecule has 210 valence electrons. The second-order valence-corrected chi connectivity index (χ2v) is 11.4.